The van der Waals surface area contributed by atoms with E-state index in [0.29, 0.717) is 18.4 Å². The van der Waals surface area contributed by atoms with E-state index in [9.17, 15) is 29.3 Å². The summed E-state index contributed by atoms with van der Waals surface area (Å²) in [5.74, 6) is -3.37. The fourth-order valence-electron chi connectivity index (χ4n) is 4.73. The Bertz CT molecular complexity index is 1220. The highest BCUT2D eigenvalue weighted by Gasteiger charge is 2.53. The van der Waals surface area contributed by atoms with Crippen LogP contribution in [-0.4, -0.2) is 44.5 Å². The van der Waals surface area contributed by atoms with Crippen LogP contribution in [0.4, 0.5) is 5.69 Å². The normalized spacial score (nSPS) is 20.2. The van der Waals surface area contributed by atoms with Crippen LogP contribution in [0, 0.1) is 22.0 Å². The molecule has 0 N–H and O–H groups in total. The van der Waals surface area contributed by atoms with Crippen molar-refractivity contribution in [3.8, 4) is 0 Å². The number of hydrazine groups is 1. The van der Waals surface area contributed by atoms with E-state index >= 15 is 0 Å². The van der Waals surface area contributed by atoms with Crippen molar-refractivity contribution in [2.24, 2.45) is 11.8 Å². The Morgan fingerprint density at radius 2 is 1.66 bits per heavy atom. The summed E-state index contributed by atoms with van der Waals surface area (Å²) in [6, 6.07) is 12.1. The van der Waals surface area contributed by atoms with Gasteiger partial charge in [-0.05, 0) is 38.3 Å². The second-order valence-corrected chi connectivity index (χ2v) is 8.80. The average Bonchev–Trinajstić information content (AvgIpc) is 3.11. The summed E-state index contributed by atoms with van der Waals surface area (Å²) >= 11 is 0. The summed E-state index contributed by atoms with van der Waals surface area (Å²) in [5.41, 5.74) is 1.16. The molecule has 3 atom stereocenters. The maximum Gasteiger partial charge on any atom is 0.273 e. The Hall–Kier alpha value is -4.14. The molecule has 0 spiro atoms. The highest BCUT2D eigenvalue weighted by Crippen LogP contribution is 2.39. The summed E-state index contributed by atoms with van der Waals surface area (Å²) in [4.78, 5) is 64.6. The van der Waals surface area contributed by atoms with Crippen LogP contribution in [-0.2, 0) is 9.59 Å². The largest absolute Gasteiger partial charge is 0.292 e. The van der Waals surface area contributed by atoms with Gasteiger partial charge in [0.2, 0.25) is 0 Å². The molecule has 2 aliphatic rings. The minimum absolute atomic E-state index is 0.0275. The van der Waals surface area contributed by atoms with Crippen LogP contribution in [0.5, 0.6) is 0 Å². The minimum atomic E-state index is -1.12. The predicted molar refractivity (Wildman–Crippen MR) is 126 cm³/mol. The van der Waals surface area contributed by atoms with Crippen molar-refractivity contribution in [3.05, 3.63) is 87.5 Å². The number of allylic oxidation sites excluding steroid dienone is 2. The van der Waals surface area contributed by atoms with Crippen LogP contribution in [0.1, 0.15) is 53.8 Å². The Labute approximate surface area is 202 Å². The summed E-state index contributed by atoms with van der Waals surface area (Å²) in [6.45, 7) is 3.59. The van der Waals surface area contributed by atoms with Gasteiger partial charge in [-0.1, -0.05) is 48.9 Å². The van der Waals surface area contributed by atoms with Crippen LogP contribution >= 0.6 is 0 Å². The Morgan fingerprint density at radius 1 is 1.03 bits per heavy atom. The van der Waals surface area contributed by atoms with Gasteiger partial charge in [0.1, 0.15) is 6.04 Å². The SMILES string of the molecule is CC[C@H](C(=O)c1ccccc1)N(C(=O)c1ccc([N+](=O)[O-])cc1)N1C(=O)[C@H]2CC=C(C)C[C@@H]2C1=O. The number of nitro benzene ring substituents is 1. The minimum Gasteiger partial charge on any atom is -0.292 e. The molecule has 9 nitrogen and oxygen atoms in total. The Morgan fingerprint density at radius 3 is 2.26 bits per heavy atom. The monoisotopic (exact) mass is 475 g/mol. The topological polar surface area (TPSA) is 118 Å². The summed E-state index contributed by atoms with van der Waals surface area (Å²) < 4.78 is 0. The number of hydrogen-bond acceptors (Lipinski definition) is 6. The first-order valence-electron chi connectivity index (χ1n) is 11.4. The number of Topliss-reactive ketones (excluding diaryl/α,β-unsaturated/α-hetero) is 1. The highest BCUT2D eigenvalue weighted by atomic mass is 16.6. The number of benzene rings is 2. The molecule has 0 bridgehead atoms. The third-order valence-corrected chi connectivity index (χ3v) is 6.59. The van der Waals surface area contributed by atoms with Crippen molar-refractivity contribution in [2.45, 2.75) is 39.2 Å². The van der Waals surface area contributed by atoms with Crippen LogP contribution in [0.3, 0.4) is 0 Å². The predicted octanol–water partition coefficient (Wildman–Crippen LogP) is 3.95. The Balaban J connectivity index is 1.78. The number of hydrogen-bond donors (Lipinski definition) is 0. The van der Waals surface area contributed by atoms with E-state index in [0.717, 1.165) is 15.6 Å². The lowest BCUT2D eigenvalue weighted by Gasteiger charge is -2.36. The molecule has 0 aromatic heterocycles. The first kappa shape index (κ1) is 24.0. The van der Waals surface area contributed by atoms with E-state index in [1.54, 1.807) is 37.3 Å². The standard InChI is InChI=1S/C26H25N3O6/c1-3-22(23(30)17-7-5-4-6-8-17)27(24(31)18-10-12-19(13-11-18)29(34)35)28-25(32)20-14-9-16(2)15-21(20)26(28)33/h4-13,20-22H,3,14-15H2,1-2H3/t20-,21-,22+/m0/s1. The number of ketones is 1. The van der Waals surface area contributed by atoms with Gasteiger partial charge in [-0.3, -0.25) is 29.3 Å². The van der Waals surface area contributed by atoms with Crippen molar-refractivity contribution in [3.63, 3.8) is 0 Å². The number of rotatable bonds is 7. The lowest BCUT2D eigenvalue weighted by molar-refractivity contribution is -0.384. The highest BCUT2D eigenvalue weighted by molar-refractivity contribution is 6.10. The third-order valence-electron chi connectivity index (χ3n) is 6.59. The summed E-state index contributed by atoms with van der Waals surface area (Å²) in [6.07, 6.45) is 2.87. The maximum absolute atomic E-state index is 13.8. The Kier molecular flexibility index (Phi) is 6.59. The van der Waals surface area contributed by atoms with Crippen molar-refractivity contribution in [1.29, 1.82) is 0 Å². The van der Waals surface area contributed by atoms with Gasteiger partial charge in [0, 0.05) is 23.3 Å². The van der Waals surface area contributed by atoms with Gasteiger partial charge < -0.3 is 0 Å². The molecule has 180 valence electrons. The quantitative estimate of drug-likeness (QED) is 0.197. The van der Waals surface area contributed by atoms with Gasteiger partial charge in [0.15, 0.2) is 5.78 Å². The molecule has 1 aliphatic carbocycles. The fourth-order valence-corrected chi connectivity index (χ4v) is 4.73. The number of amides is 3. The smallest absolute Gasteiger partial charge is 0.273 e. The number of imide groups is 1. The van der Waals surface area contributed by atoms with Crippen molar-refractivity contribution in [2.75, 3.05) is 0 Å². The zero-order valence-corrected chi connectivity index (χ0v) is 19.4. The van der Waals surface area contributed by atoms with Gasteiger partial charge in [0.05, 0.1) is 16.8 Å². The molecule has 1 saturated heterocycles. The molecule has 0 saturated carbocycles. The van der Waals surface area contributed by atoms with Gasteiger partial charge in [-0.15, -0.1) is 0 Å². The van der Waals surface area contributed by atoms with E-state index < -0.39 is 46.3 Å². The molecular weight excluding hydrogens is 450 g/mol. The molecule has 1 fully saturated rings. The van der Waals surface area contributed by atoms with Gasteiger partial charge >= 0.3 is 0 Å². The van der Waals surface area contributed by atoms with Crippen molar-refractivity contribution >= 4 is 29.2 Å². The summed E-state index contributed by atoms with van der Waals surface area (Å²) in [7, 11) is 0. The zero-order chi connectivity index (χ0) is 25.3. The number of carbonyl (C=O) groups excluding carboxylic acids is 4. The molecule has 1 aliphatic heterocycles. The average molecular weight is 476 g/mol. The second kappa shape index (κ2) is 9.61. The van der Waals surface area contributed by atoms with Crippen LogP contribution < -0.4 is 0 Å². The first-order valence-corrected chi connectivity index (χ1v) is 11.4. The fraction of sp³-hybridized carbons (Fsp3) is 0.308. The lowest BCUT2D eigenvalue weighted by Crippen LogP contribution is -2.57. The molecule has 2 aromatic carbocycles. The molecule has 0 unspecified atom stereocenters. The van der Waals surface area contributed by atoms with Gasteiger partial charge in [0.25, 0.3) is 23.4 Å². The van der Waals surface area contributed by atoms with Crippen molar-refractivity contribution in [1.82, 2.24) is 10.0 Å². The van der Waals surface area contributed by atoms with E-state index in [1.807, 2.05) is 13.0 Å². The first-order chi connectivity index (χ1) is 16.7. The molecule has 35 heavy (non-hydrogen) atoms. The van der Waals surface area contributed by atoms with E-state index in [2.05, 4.69) is 0 Å². The van der Waals surface area contributed by atoms with E-state index in [4.69, 9.17) is 0 Å². The molecule has 9 heteroatoms. The van der Waals surface area contributed by atoms with Gasteiger partial charge in [-0.2, -0.15) is 5.01 Å². The molecule has 2 aromatic rings. The van der Waals surface area contributed by atoms with Crippen LogP contribution in [0.15, 0.2) is 66.2 Å². The number of non-ortho nitro benzene ring substituents is 1. The van der Waals surface area contributed by atoms with Crippen molar-refractivity contribution < 1.29 is 24.1 Å². The molecular formula is C26H25N3O6. The lowest BCUT2D eigenvalue weighted by atomic mass is 9.82. The number of nitrogens with zero attached hydrogens (tertiary/aromatic N) is 3. The molecule has 1 heterocycles. The van der Waals surface area contributed by atoms with Gasteiger partial charge in [-0.25, -0.2) is 5.01 Å². The number of nitro groups is 1. The molecule has 3 amide bonds. The third kappa shape index (κ3) is 4.37. The second-order valence-electron chi connectivity index (χ2n) is 8.80. The summed E-state index contributed by atoms with van der Waals surface area (Å²) in [5, 5.41) is 12.9. The van der Waals surface area contributed by atoms with E-state index in [-0.39, 0.29) is 17.7 Å². The van der Waals surface area contributed by atoms with Crippen LogP contribution in [0.25, 0.3) is 0 Å². The molecule has 4 rings (SSSR count). The number of carbonyl (C=O) groups is 4. The van der Waals surface area contributed by atoms with Crippen LogP contribution in [0.2, 0.25) is 0 Å². The number of fused-ring (bicyclic) bond motifs is 1. The zero-order valence-electron chi connectivity index (χ0n) is 19.4. The molecule has 0 radical (unpaired) electrons. The maximum atomic E-state index is 13.8. The van der Waals surface area contributed by atoms with E-state index in [1.165, 1.54) is 24.3 Å².